The fourth-order valence-corrected chi connectivity index (χ4v) is 2.85. The summed E-state index contributed by atoms with van der Waals surface area (Å²) in [4.78, 5) is 13.0. The van der Waals surface area contributed by atoms with Crippen LogP contribution in [-0.2, 0) is 16.9 Å². The Morgan fingerprint density at radius 2 is 1.50 bits per heavy atom. The molecule has 0 fully saturated rings. The Morgan fingerprint density at radius 3 is 2.04 bits per heavy atom. The number of hydrogen-bond acceptors (Lipinski definition) is 3. The van der Waals surface area contributed by atoms with E-state index >= 15 is 0 Å². The van der Waals surface area contributed by atoms with Crippen LogP contribution in [0.5, 0.6) is 0 Å². The smallest absolute Gasteiger partial charge is 0.261 e. The molecule has 0 aliphatic rings. The molecule has 3 aromatic carbocycles. The molecule has 26 heavy (non-hydrogen) atoms. The summed E-state index contributed by atoms with van der Waals surface area (Å²) < 4.78 is 0. The van der Waals surface area contributed by atoms with Crippen molar-refractivity contribution in [3.8, 4) is 6.07 Å². The van der Waals surface area contributed by atoms with E-state index in [9.17, 15) is 9.90 Å². The minimum Gasteiger partial charge on any atom is -0.372 e. The van der Waals surface area contributed by atoms with E-state index in [2.05, 4.69) is 11.4 Å². The molecule has 0 aliphatic heterocycles. The number of nitriles is 1. The van der Waals surface area contributed by atoms with Crippen molar-refractivity contribution in [2.24, 2.45) is 0 Å². The molecule has 0 saturated heterocycles. The van der Waals surface area contributed by atoms with E-state index in [0.29, 0.717) is 16.7 Å². The molecular weight excluding hydrogens is 324 g/mol. The monoisotopic (exact) mass is 342 g/mol. The van der Waals surface area contributed by atoms with Gasteiger partial charge in [0.15, 0.2) is 5.60 Å². The Labute approximate surface area is 152 Å². The molecule has 4 nitrogen and oxygen atoms in total. The summed E-state index contributed by atoms with van der Waals surface area (Å²) in [6.45, 7) is 0.219. The van der Waals surface area contributed by atoms with Gasteiger partial charge in [0.1, 0.15) is 0 Å². The molecule has 0 unspecified atom stereocenters. The third kappa shape index (κ3) is 3.49. The normalized spacial score (nSPS) is 10.8. The molecule has 0 bridgehead atoms. The number of aliphatic hydroxyl groups is 1. The quantitative estimate of drug-likeness (QED) is 0.748. The Bertz CT molecular complexity index is 892. The van der Waals surface area contributed by atoms with Gasteiger partial charge < -0.3 is 10.4 Å². The van der Waals surface area contributed by atoms with Gasteiger partial charge >= 0.3 is 0 Å². The second-order valence-corrected chi connectivity index (χ2v) is 5.94. The van der Waals surface area contributed by atoms with E-state index in [4.69, 9.17) is 5.26 Å². The summed E-state index contributed by atoms with van der Waals surface area (Å²) >= 11 is 0. The first-order chi connectivity index (χ1) is 12.6. The maximum absolute atomic E-state index is 13.0. The summed E-state index contributed by atoms with van der Waals surface area (Å²) in [5.41, 5.74) is 0.512. The highest BCUT2D eigenvalue weighted by atomic mass is 16.3. The zero-order chi connectivity index (χ0) is 18.4. The number of hydrogen-bond donors (Lipinski definition) is 2. The number of benzene rings is 3. The molecule has 0 saturated carbocycles. The minimum absolute atomic E-state index is 0.219. The van der Waals surface area contributed by atoms with Gasteiger partial charge in [0.2, 0.25) is 0 Å². The number of rotatable bonds is 5. The van der Waals surface area contributed by atoms with Gasteiger partial charge in [-0.25, -0.2) is 0 Å². The van der Waals surface area contributed by atoms with Crippen LogP contribution in [0.25, 0.3) is 0 Å². The highest BCUT2D eigenvalue weighted by Crippen LogP contribution is 2.30. The Kier molecular flexibility index (Phi) is 5.12. The predicted molar refractivity (Wildman–Crippen MR) is 98.9 cm³/mol. The highest BCUT2D eigenvalue weighted by molar-refractivity contribution is 5.90. The van der Waals surface area contributed by atoms with Gasteiger partial charge in [-0.05, 0) is 28.8 Å². The van der Waals surface area contributed by atoms with Crippen LogP contribution in [0.2, 0.25) is 0 Å². The summed E-state index contributed by atoms with van der Waals surface area (Å²) in [5, 5.41) is 23.1. The lowest BCUT2D eigenvalue weighted by molar-refractivity contribution is -0.136. The lowest BCUT2D eigenvalue weighted by Gasteiger charge is -2.28. The van der Waals surface area contributed by atoms with E-state index in [1.54, 1.807) is 66.7 Å². The Hall–Kier alpha value is -3.42. The zero-order valence-electron chi connectivity index (χ0n) is 14.1. The molecule has 1 amide bonds. The number of carbonyl (C=O) groups excluding carboxylic acids is 1. The molecule has 2 N–H and O–H groups in total. The van der Waals surface area contributed by atoms with Gasteiger partial charge in [0, 0.05) is 6.54 Å². The lowest BCUT2D eigenvalue weighted by atomic mass is 9.85. The Balaban J connectivity index is 1.90. The lowest BCUT2D eigenvalue weighted by Crippen LogP contribution is -2.45. The van der Waals surface area contributed by atoms with Crippen molar-refractivity contribution >= 4 is 5.91 Å². The van der Waals surface area contributed by atoms with Crippen molar-refractivity contribution < 1.29 is 9.90 Å². The van der Waals surface area contributed by atoms with Crippen LogP contribution >= 0.6 is 0 Å². The van der Waals surface area contributed by atoms with Crippen LogP contribution in [0.15, 0.2) is 84.9 Å². The molecule has 3 aromatic rings. The summed E-state index contributed by atoms with van der Waals surface area (Å²) in [7, 11) is 0. The maximum Gasteiger partial charge on any atom is 0.261 e. The van der Waals surface area contributed by atoms with Crippen molar-refractivity contribution in [1.29, 1.82) is 5.26 Å². The minimum atomic E-state index is -1.80. The van der Waals surface area contributed by atoms with Crippen LogP contribution in [0.1, 0.15) is 22.3 Å². The largest absolute Gasteiger partial charge is 0.372 e. The second-order valence-electron chi connectivity index (χ2n) is 5.94. The van der Waals surface area contributed by atoms with Gasteiger partial charge in [0.05, 0.1) is 11.6 Å². The molecule has 0 spiro atoms. The third-order valence-corrected chi connectivity index (χ3v) is 4.22. The molecule has 3 rings (SSSR count). The molecular formula is C22H18N2O2. The number of nitrogens with zero attached hydrogens (tertiary/aromatic N) is 1. The molecule has 128 valence electrons. The molecule has 0 atom stereocenters. The zero-order valence-corrected chi connectivity index (χ0v) is 14.1. The Morgan fingerprint density at radius 1 is 0.923 bits per heavy atom. The van der Waals surface area contributed by atoms with Crippen LogP contribution < -0.4 is 5.32 Å². The van der Waals surface area contributed by atoms with Crippen molar-refractivity contribution in [2.45, 2.75) is 12.1 Å². The van der Waals surface area contributed by atoms with Gasteiger partial charge in [0.25, 0.3) is 5.91 Å². The van der Waals surface area contributed by atoms with Crippen LogP contribution in [0.3, 0.4) is 0 Å². The number of nitrogens with one attached hydrogen (secondary N) is 1. The second kappa shape index (κ2) is 7.64. The third-order valence-electron chi connectivity index (χ3n) is 4.22. The van der Waals surface area contributed by atoms with E-state index in [0.717, 1.165) is 5.56 Å². The molecule has 0 radical (unpaired) electrons. The topological polar surface area (TPSA) is 73.1 Å². The SMILES string of the molecule is N#Cc1cccc(CNC(=O)C(O)(c2ccccc2)c2ccccc2)c1. The number of carbonyl (C=O) groups is 1. The van der Waals surface area contributed by atoms with E-state index < -0.39 is 11.5 Å². The fourth-order valence-electron chi connectivity index (χ4n) is 2.85. The van der Waals surface area contributed by atoms with Crippen molar-refractivity contribution in [3.05, 3.63) is 107 Å². The first-order valence-corrected chi connectivity index (χ1v) is 8.25. The average Bonchev–Trinajstić information content (AvgIpc) is 2.72. The van der Waals surface area contributed by atoms with Crippen LogP contribution in [-0.4, -0.2) is 11.0 Å². The van der Waals surface area contributed by atoms with Crippen LogP contribution in [0, 0.1) is 11.3 Å². The van der Waals surface area contributed by atoms with Crippen LogP contribution in [0.4, 0.5) is 0 Å². The highest BCUT2D eigenvalue weighted by Gasteiger charge is 2.39. The first-order valence-electron chi connectivity index (χ1n) is 8.25. The summed E-state index contributed by atoms with van der Waals surface area (Å²) in [6, 6.07) is 26.8. The van der Waals surface area contributed by atoms with Gasteiger partial charge in [-0.1, -0.05) is 72.8 Å². The summed E-state index contributed by atoms with van der Waals surface area (Å²) in [6.07, 6.45) is 0. The first kappa shape index (κ1) is 17.4. The fraction of sp³-hybridized carbons (Fsp3) is 0.0909. The van der Waals surface area contributed by atoms with E-state index in [-0.39, 0.29) is 6.54 Å². The van der Waals surface area contributed by atoms with E-state index in [1.165, 1.54) is 0 Å². The molecule has 0 aromatic heterocycles. The van der Waals surface area contributed by atoms with E-state index in [1.807, 2.05) is 18.2 Å². The average molecular weight is 342 g/mol. The molecule has 0 heterocycles. The van der Waals surface area contributed by atoms with Gasteiger partial charge in [-0.15, -0.1) is 0 Å². The standard InChI is InChI=1S/C22H18N2O2/c23-15-17-8-7-9-18(14-17)16-24-21(25)22(26,19-10-3-1-4-11-19)20-12-5-2-6-13-20/h1-14,26H,16H2,(H,24,25). The molecule has 0 aliphatic carbocycles. The molecule has 4 heteroatoms. The van der Waals surface area contributed by atoms with Crippen molar-refractivity contribution in [2.75, 3.05) is 0 Å². The summed E-state index contributed by atoms with van der Waals surface area (Å²) in [5.74, 6) is -0.516. The van der Waals surface area contributed by atoms with Gasteiger partial charge in [-0.2, -0.15) is 5.26 Å². The van der Waals surface area contributed by atoms with Crippen molar-refractivity contribution in [3.63, 3.8) is 0 Å². The van der Waals surface area contributed by atoms with Gasteiger partial charge in [-0.3, -0.25) is 4.79 Å². The maximum atomic E-state index is 13.0. The number of amides is 1. The van der Waals surface area contributed by atoms with Crippen molar-refractivity contribution in [1.82, 2.24) is 5.32 Å². The predicted octanol–water partition coefficient (Wildman–Crippen LogP) is 3.11.